The first-order valence-electron chi connectivity index (χ1n) is 10.5. The van der Waals surface area contributed by atoms with E-state index in [1.165, 1.54) is 11.9 Å². The van der Waals surface area contributed by atoms with Gasteiger partial charge in [0.2, 0.25) is 11.9 Å². The normalized spacial score (nSPS) is 18.9. The Balaban J connectivity index is 1.54. The maximum absolute atomic E-state index is 13.0. The molecular weight excluding hydrogens is 446 g/mol. The Morgan fingerprint density at radius 1 is 1.12 bits per heavy atom. The van der Waals surface area contributed by atoms with Crippen LogP contribution in [0.5, 0.6) is 5.75 Å². The van der Waals surface area contributed by atoms with E-state index in [4.69, 9.17) is 16.3 Å². The van der Waals surface area contributed by atoms with Gasteiger partial charge in [-0.05, 0) is 29.8 Å². The zero-order valence-electron chi connectivity index (χ0n) is 18.3. The van der Waals surface area contributed by atoms with E-state index in [-0.39, 0.29) is 13.2 Å². The van der Waals surface area contributed by atoms with E-state index in [0.717, 1.165) is 10.5 Å². The average molecular weight is 471 g/mol. The summed E-state index contributed by atoms with van der Waals surface area (Å²) in [5.74, 6) is 0.901. The molecule has 2 atom stereocenters. The summed E-state index contributed by atoms with van der Waals surface area (Å²) in [6.07, 6.45) is -0.926. The summed E-state index contributed by atoms with van der Waals surface area (Å²) in [6, 6.07) is 15.3. The molecule has 2 unspecified atom stereocenters. The molecule has 172 valence electrons. The summed E-state index contributed by atoms with van der Waals surface area (Å²) in [6.45, 7) is 0.546. The number of amidine groups is 1. The van der Waals surface area contributed by atoms with Crippen LogP contribution in [0, 0.1) is 0 Å². The van der Waals surface area contributed by atoms with Crippen LogP contribution in [0.4, 0.5) is 4.79 Å². The molecule has 2 heterocycles. The van der Waals surface area contributed by atoms with Crippen LogP contribution >= 0.6 is 11.6 Å². The first-order valence-corrected chi connectivity index (χ1v) is 10.8. The molecule has 0 spiro atoms. The van der Waals surface area contributed by atoms with Crippen LogP contribution in [0.25, 0.3) is 0 Å². The van der Waals surface area contributed by atoms with Gasteiger partial charge in [0.15, 0.2) is 0 Å². The number of aliphatic hydroxyl groups excluding tert-OH is 1. The van der Waals surface area contributed by atoms with E-state index < -0.39 is 24.1 Å². The predicted octanol–water partition coefficient (Wildman–Crippen LogP) is 1.54. The summed E-state index contributed by atoms with van der Waals surface area (Å²) in [5.41, 5.74) is 1.03. The molecule has 0 aromatic heterocycles. The number of halogens is 1. The average Bonchev–Trinajstić information content (AvgIpc) is 3.18. The molecule has 0 radical (unpaired) electrons. The number of hydrogen-bond acceptors (Lipinski definition) is 6. The molecule has 4 rings (SSSR count). The number of β-amino-alcohol motifs (C(OH)–C–C–N with tert-alkyl or cyclic N) is 1. The van der Waals surface area contributed by atoms with Crippen molar-refractivity contribution < 1.29 is 24.0 Å². The monoisotopic (exact) mass is 470 g/mol. The quantitative estimate of drug-likeness (QED) is 0.598. The van der Waals surface area contributed by atoms with Gasteiger partial charge in [-0.2, -0.15) is 0 Å². The summed E-state index contributed by atoms with van der Waals surface area (Å²) < 4.78 is 7.33. The molecule has 0 saturated carbocycles. The van der Waals surface area contributed by atoms with Crippen molar-refractivity contribution in [2.24, 2.45) is 4.99 Å². The van der Waals surface area contributed by atoms with E-state index in [2.05, 4.69) is 10.3 Å². The van der Waals surface area contributed by atoms with Gasteiger partial charge >= 0.3 is 12.0 Å². The van der Waals surface area contributed by atoms with E-state index >= 15 is 0 Å². The molecule has 9 nitrogen and oxygen atoms in total. The van der Waals surface area contributed by atoms with Crippen LogP contribution in [0.15, 0.2) is 59.6 Å². The highest BCUT2D eigenvalue weighted by Gasteiger charge is 2.51. The number of carbonyl (C=O) groups excluding carboxylic acids is 2. The van der Waals surface area contributed by atoms with Crippen molar-refractivity contribution >= 4 is 35.3 Å². The standard InChI is InChI=1S/C23H24ClN5O4/c1-27-20-19(21(31)28(2)23(27)32)29(22(26-20)25-12-15-6-4-3-5-7-15)13-17(30)14-33-18-10-8-16(24)9-11-18/h3-11,17,19,30H,12-14H2,1-2H3/p+1. The third kappa shape index (κ3) is 4.84. The molecule has 2 aliphatic rings. The lowest BCUT2D eigenvalue weighted by molar-refractivity contribution is -0.545. The second-order valence-electron chi connectivity index (χ2n) is 7.85. The minimum Gasteiger partial charge on any atom is -0.491 e. The second-order valence-corrected chi connectivity index (χ2v) is 8.28. The van der Waals surface area contributed by atoms with Gasteiger partial charge in [0.05, 0.1) is 13.1 Å². The summed E-state index contributed by atoms with van der Waals surface area (Å²) in [4.78, 5) is 32.3. The fraction of sp³-hybridized carbons (Fsp3) is 0.304. The molecule has 2 aromatic rings. The summed E-state index contributed by atoms with van der Waals surface area (Å²) >= 11 is 5.89. The molecule has 2 aromatic carbocycles. The lowest BCUT2D eigenvalue weighted by Gasteiger charge is -2.32. The van der Waals surface area contributed by atoms with Crippen molar-refractivity contribution in [3.05, 3.63) is 65.2 Å². The molecule has 3 amide bonds. The molecule has 1 saturated heterocycles. The zero-order valence-corrected chi connectivity index (χ0v) is 19.1. The van der Waals surface area contributed by atoms with Crippen molar-refractivity contribution in [1.29, 1.82) is 0 Å². The minimum absolute atomic E-state index is 0.00491. The molecule has 1 fully saturated rings. The number of nitrogens with one attached hydrogen (secondary N) is 1. The highest BCUT2D eigenvalue weighted by molar-refractivity contribution is 6.30. The number of ether oxygens (including phenoxy) is 1. The Hall–Kier alpha value is -3.43. The Bertz CT molecular complexity index is 1100. The van der Waals surface area contributed by atoms with Crippen molar-refractivity contribution in [2.75, 3.05) is 27.2 Å². The van der Waals surface area contributed by atoms with Crippen molar-refractivity contribution in [2.45, 2.75) is 18.7 Å². The predicted molar refractivity (Wildman–Crippen MR) is 124 cm³/mol. The number of aliphatic imine (C=N–C) groups is 1. The fourth-order valence-corrected chi connectivity index (χ4v) is 3.84. The molecule has 10 heteroatoms. The van der Waals surface area contributed by atoms with E-state index in [1.807, 2.05) is 30.3 Å². The lowest BCUT2D eigenvalue weighted by atomic mass is 10.1. The maximum Gasteiger partial charge on any atom is 0.390 e. The summed E-state index contributed by atoms with van der Waals surface area (Å²) in [5, 5.41) is 14.5. The van der Waals surface area contributed by atoms with Gasteiger partial charge in [-0.15, -0.1) is 0 Å². The molecule has 0 aliphatic carbocycles. The third-order valence-corrected chi connectivity index (χ3v) is 5.74. The number of imide groups is 1. The number of carbonyl (C=O) groups is 2. The van der Waals surface area contributed by atoms with Gasteiger partial charge in [0, 0.05) is 19.1 Å². The topological polar surface area (TPSA) is 97.5 Å². The highest BCUT2D eigenvalue weighted by atomic mass is 35.5. The summed E-state index contributed by atoms with van der Waals surface area (Å²) in [7, 11) is 3.01. The number of hydrogen-bond donors (Lipinski definition) is 2. The van der Waals surface area contributed by atoms with Gasteiger partial charge in [-0.1, -0.05) is 46.9 Å². The van der Waals surface area contributed by atoms with Gasteiger partial charge < -0.3 is 9.84 Å². The molecule has 0 bridgehead atoms. The molecule has 33 heavy (non-hydrogen) atoms. The zero-order chi connectivity index (χ0) is 23.5. The van der Waals surface area contributed by atoms with Crippen LogP contribution in [-0.2, 0) is 11.3 Å². The Morgan fingerprint density at radius 2 is 1.82 bits per heavy atom. The van der Waals surface area contributed by atoms with Gasteiger partial charge in [-0.25, -0.2) is 9.37 Å². The Labute approximate surface area is 196 Å². The van der Waals surface area contributed by atoms with Gasteiger partial charge in [0.25, 0.3) is 5.91 Å². The molecular formula is C23H25ClN5O4+. The number of rotatable bonds is 7. The number of nitrogens with zero attached hydrogens (tertiary/aromatic N) is 4. The van der Waals surface area contributed by atoms with Crippen LogP contribution < -0.4 is 10.1 Å². The van der Waals surface area contributed by atoms with Crippen LogP contribution in [0.3, 0.4) is 0 Å². The van der Waals surface area contributed by atoms with Gasteiger partial charge in [-0.3, -0.25) is 19.9 Å². The van der Waals surface area contributed by atoms with Crippen LogP contribution in [0.1, 0.15) is 5.56 Å². The number of fused-ring (bicyclic) bond motifs is 1. The number of urea groups is 1. The Kier molecular flexibility index (Phi) is 6.62. The largest absolute Gasteiger partial charge is 0.491 e. The van der Waals surface area contributed by atoms with Crippen molar-refractivity contribution in [3.63, 3.8) is 0 Å². The minimum atomic E-state index is -0.926. The first kappa shape index (κ1) is 22.8. The Morgan fingerprint density at radius 3 is 2.52 bits per heavy atom. The number of benzene rings is 2. The SMILES string of the molecule is CN1C(=O)C2C(=NC(NCc3ccccc3)=[N+]2CC(O)COc2ccc(Cl)cc2)N(C)C1=O. The lowest BCUT2D eigenvalue weighted by Crippen LogP contribution is -2.62. The van der Waals surface area contributed by atoms with Crippen molar-refractivity contribution in [1.82, 2.24) is 15.1 Å². The fourth-order valence-electron chi connectivity index (χ4n) is 3.71. The third-order valence-electron chi connectivity index (χ3n) is 5.49. The highest BCUT2D eigenvalue weighted by Crippen LogP contribution is 2.20. The smallest absolute Gasteiger partial charge is 0.390 e. The number of guanidine groups is 1. The van der Waals surface area contributed by atoms with E-state index in [1.54, 1.807) is 35.9 Å². The van der Waals surface area contributed by atoms with Crippen LogP contribution in [0.2, 0.25) is 5.02 Å². The van der Waals surface area contributed by atoms with Crippen molar-refractivity contribution in [3.8, 4) is 5.75 Å². The maximum atomic E-state index is 13.0. The van der Waals surface area contributed by atoms with Crippen LogP contribution in [-0.4, -0.2) is 82.6 Å². The van der Waals surface area contributed by atoms with E-state index in [9.17, 15) is 14.7 Å². The number of aliphatic hydroxyl groups is 1. The first-order chi connectivity index (χ1) is 15.8. The second kappa shape index (κ2) is 9.60. The van der Waals surface area contributed by atoms with E-state index in [0.29, 0.717) is 29.1 Å². The van der Waals surface area contributed by atoms with Gasteiger partial charge in [0.1, 0.15) is 18.5 Å². The molecule has 2 N–H and O–H groups in total. The number of amides is 3. The molecule has 2 aliphatic heterocycles. The number of likely N-dealkylation sites (N-methyl/N-ethyl adjacent to an activating group) is 2.